The molecule has 0 unspecified atom stereocenters. The van der Waals surface area contributed by atoms with Crippen molar-refractivity contribution in [2.75, 3.05) is 13.2 Å². The first-order valence-corrected chi connectivity index (χ1v) is 12.0. The van der Waals surface area contributed by atoms with Gasteiger partial charge in [0.25, 0.3) is 0 Å². The number of unbranched alkanes of at least 4 members (excludes halogenated alkanes) is 8. The largest absolute Gasteiger partial charge is 0.511 e. The molecule has 6 nitrogen and oxygen atoms in total. The lowest BCUT2D eigenvalue weighted by Crippen LogP contribution is -2.34. The summed E-state index contributed by atoms with van der Waals surface area (Å²) >= 11 is 0. The van der Waals surface area contributed by atoms with Gasteiger partial charge in [-0.2, -0.15) is 0 Å². The summed E-state index contributed by atoms with van der Waals surface area (Å²) in [6.45, 7) is 7.41. The Morgan fingerprint density at radius 1 is 0.839 bits per heavy atom. The van der Waals surface area contributed by atoms with Crippen molar-refractivity contribution in [2.24, 2.45) is 0 Å². The second-order valence-corrected chi connectivity index (χ2v) is 8.05. The summed E-state index contributed by atoms with van der Waals surface area (Å²) in [6.07, 6.45) is 11.0. The standard InChI is InChI=1S/C25H42O6/c1-4-7-10-11-12-13-14-18-25(29-19-8-5-2,30-20-9-6-3)21-16-15-17-22(23(21)26)31-24(27)28/h15-17,26H,4-14,18-20H2,1-3H3,(H,27,28). The van der Waals surface area contributed by atoms with E-state index in [1.807, 2.05) is 0 Å². The number of para-hydroxylation sites is 1. The number of rotatable bonds is 18. The third kappa shape index (κ3) is 9.92. The van der Waals surface area contributed by atoms with E-state index in [1.165, 1.54) is 31.7 Å². The number of carboxylic acid groups (broad SMARTS) is 1. The predicted molar refractivity (Wildman–Crippen MR) is 123 cm³/mol. The molecule has 0 bridgehead atoms. The second kappa shape index (κ2) is 15.9. The van der Waals surface area contributed by atoms with Crippen LogP contribution < -0.4 is 4.74 Å². The second-order valence-electron chi connectivity index (χ2n) is 8.05. The maximum atomic E-state index is 11.0. The molecule has 0 saturated carbocycles. The lowest BCUT2D eigenvalue weighted by atomic mass is 9.96. The Hall–Kier alpha value is -1.79. The van der Waals surface area contributed by atoms with Crippen LogP contribution in [0.15, 0.2) is 18.2 Å². The molecule has 31 heavy (non-hydrogen) atoms. The Bertz CT molecular complexity index is 606. The monoisotopic (exact) mass is 438 g/mol. The van der Waals surface area contributed by atoms with E-state index >= 15 is 0 Å². The molecule has 1 aromatic rings. The summed E-state index contributed by atoms with van der Waals surface area (Å²) in [5, 5.41) is 19.8. The molecule has 0 aliphatic heterocycles. The van der Waals surface area contributed by atoms with Gasteiger partial charge in [-0.3, -0.25) is 0 Å². The van der Waals surface area contributed by atoms with E-state index in [9.17, 15) is 9.90 Å². The molecule has 0 spiro atoms. The molecule has 0 aromatic heterocycles. The first-order chi connectivity index (χ1) is 15.0. The van der Waals surface area contributed by atoms with E-state index in [2.05, 4.69) is 20.8 Å². The summed E-state index contributed by atoms with van der Waals surface area (Å²) in [4.78, 5) is 11.0. The van der Waals surface area contributed by atoms with Crippen molar-refractivity contribution < 1.29 is 29.2 Å². The average Bonchev–Trinajstić information content (AvgIpc) is 2.74. The molecule has 2 N–H and O–H groups in total. The Morgan fingerprint density at radius 2 is 1.39 bits per heavy atom. The molecule has 0 amide bonds. The maximum Gasteiger partial charge on any atom is 0.511 e. The minimum atomic E-state index is -1.47. The summed E-state index contributed by atoms with van der Waals surface area (Å²) in [7, 11) is 0. The van der Waals surface area contributed by atoms with E-state index < -0.39 is 11.9 Å². The fourth-order valence-electron chi connectivity index (χ4n) is 3.56. The van der Waals surface area contributed by atoms with Crippen LogP contribution in [0.2, 0.25) is 0 Å². The van der Waals surface area contributed by atoms with Gasteiger partial charge in [0.2, 0.25) is 0 Å². The van der Waals surface area contributed by atoms with Crippen molar-refractivity contribution in [1.29, 1.82) is 0 Å². The highest BCUT2D eigenvalue weighted by molar-refractivity contribution is 5.63. The fourth-order valence-corrected chi connectivity index (χ4v) is 3.56. The number of phenols is 1. The van der Waals surface area contributed by atoms with Crippen LogP contribution in [0.3, 0.4) is 0 Å². The minimum absolute atomic E-state index is 0.105. The normalized spacial score (nSPS) is 11.6. The SMILES string of the molecule is CCCCCCCCCC(OCCCC)(OCCCC)c1cccc(OC(=O)O)c1O. The molecule has 0 atom stereocenters. The zero-order valence-electron chi connectivity index (χ0n) is 19.7. The zero-order valence-corrected chi connectivity index (χ0v) is 19.7. The van der Waals surface area contributed by atoms with Crippen molar-refractivity contribution >= 4 is 6.16 Å². The Kier molecular flexibility index (Phi) is 14.0. The third-order valence-electron chi connectivity index (χ3n) is 5.38. The van der Waals surface area contributed by atoms with Crippen LogP contribution in [-0.4, -0.2) is 29.6 Å². The summed E-state index contributed by atoms with van der Waals surface area (Å²) in [6, 6.07) is 4.84. The zero-order chi connectivity index (χ0) is 23.0. The summed E-state index contributed by atoms with van der Waals surface area (Å²) < 4.78 is 17.4. The third-order valence-corrected chi connectivity index (χ3v) is 5.38. The predicted octanol–water partition coefficient (Wildman–Crippen LogP) is 7.38. The van der Waals surface area contributed by atoms with Gasteiger partial charge < -0.3 is 24.4 Å². The lowest BCUT2D eigenvalue weighted by molar-refractivity contribution is -0.253. The van der Waals surface area contributed by atoms with E-state index in [4.69, 9.17) is 19.3 Å². The highest BCUT2D eigenvalue weighted by Crippen LogP contribution is 2.43. The van der Waals surface area contributed by atoms with Gasteiger partial charge >= 0.3 is 6.16 Å². The number of carbonyl (C=O) groups is 1. The topological polar surface area (TPSA) is 85.2 Å². The number of hydrogen-bond donors (Lipinski definition) is 2. The van der Waals surface area contributed by atoms with Crippen molar-refractivity contribution in [1.82, 2.24) is 0 Å². The molecule has 0 saturated heterocycles. The molecule has 6 heteroatoms. The van der Waals surface area contributed by atoms with Gasteiger partial charge in [0.15, 0.2) is 17.3 Å². The van der Waals surface area contributed by atoms with Crippen molar-refractivity contribution in [2.45, 2.75) is 104 Å². The molecule has 0 heterocycles. The smallest absolute Gasteiger partial charge is 0.504 e. The van der Waals surface area contributed by atoms with Crippen LogP contribution in [-0.2, 0) is 15.3 Å². The number of aromatic hydroxyl groups is 1. The molecule has 0 aliphatic carbocycles. The number of benzene rings is 1. The Morgan fingerprint density at radius 3 is 1.94 bits per heavy atom. The van der Waals surface area contributed by atoms with E-state index in [0.29, 0.717) is 25.2 Å². The number of ether oxygens (including phenoxy) is 3. The van der Waals surface area contributed by atoms with Gasteiger partial charge in [0.05, 0.1) is 18.8 Å². The lowest BCUT2D eigenvalue weighted by Gasteiger charge is -2.35. The van der Waals surface area contributed by atoms with Crippen molar-refractivity contribution in [3.8, 4) is 11.5 Å². The highest BCUT2D eigenvalue weighted by atomic mass is 16.7. The van der Waals surface area contributed by atoms with Gasteiger partial charge in [-0.15, -0.1) is 0 Å². The van der Waals surface area contributed by atoms with Crippen LogP contribution in [0.25, 0.3) is 0 Å². The summed E-state index contributed by atoms with van der Waals surface area (Å²) in [5.74, 6) is -1.46. The van der Waals surface area contributed by atoms with Crippen LogP contribution in [0, 0.1) is 0 Å². The molecule has 0 fully saturated rings. The molecule has 178 valence electrons. The van der Waals surface area contributed by atoms with Crippen molar-refractivity contribution in [3.63, 3.8) is 0 Å². The quantitative estimate of drug-likeness (QED) is 0.108. The molecule has 1 aromatic carbocycles. The first kappa shape index (κ1) is 27.2. The van der Waals surface area contributed by atoms with E-state index in [1.54, 1.807) is 12.1 Å². The van der Waals surface area contributed by atoms with E-state index in [-0.39, 0.29) is 11.5 Å². The van der Waals surface area contributed by atoms with Crippen LogP contribution in [0.4, 0.5) is 4.79 Å². The molecule has 0 aliphatic rings. The highest BCUT2D eigenvalue weighted by Gasteiger charge is 2.37. The maximum absolute atomic E-state index is 11.0. The van der Waals surface area contributed by atoms with Gasteiger partial charge in [-0.1, -0.05) is 78.2 Å². The average molecular weight is 439 g/mol. The number of phenolic OH excluding ortho intramolecular Hbond substituents is 1. The van der Waals surface area contributed by atoms with E-state index in [0.717, 1.165) is 44.9 Å². The fraction of sp³-hybridized carbons (Fsp3) is 0.720. The molecule has 1 rings (SSSR count). The van der Waals surface area contributed by atoms with Crippen LogP contribution in [0.1, 0.15) is 103 Å². The van der Waals surface area contributed by atoms with Gasteiger partial charge in [-0.05, 0) is 31.4 Å². The first-order valence-electron chi connectivity index (χ1n) is 12.0. The molecule has 0 radical (unpaired) electrons. The van der Waals surface area contributed by atoms with Gasteiger partial charge in [-0.25, -0.2) is 4.79 Å². The van der Waals surface area contributed by atoms with Crippen molar-refractivity contribution in [3.05, 3.63) is 23.8 Å². The van der Waals surface area contributed by atoms with Gasteiger partial charge in [0, 0.05) is 6.42 Å². The minimum Gasteiger partial charge on any atom is -0.504 e. The Labute approximate surface area is 187 Å². The van der Waals surface area contributed by atoms with Gasteiger partial charge in [0.1, 0.15) is 0 Å². The Balaban J connectivity index is 3.08. The molecular weight excluding hydrogens is 396 g/mol. The number of hydrogen-bond acceptors (Lipinski definition) is 5. The van der Waals surface area contributed by atoms with Crippen LogP contribution in [0.5, 0.6) is 11.5 Å². The molecular formula is C25H42O6. The summed E-state index contributed by atoms with van der Waals surface area (Å²) in [5.41, 5.74) is 0.435. The van der Waals surface area contributed by atoms with Crippen LogP contribution >= 0.6 is 0 Å².